The molecule has 4 heteroatoms. The van der Waals surface area contributed by atoms with Gasteiger partial charge in [-0.3, -0.25) is 14.3 Å². The van der Waals surface area contributed by atoms with E-state index in [-0.39, 0.29) is 12.1 Å². The summed E-state index contributed by atoms with van der Waals surface area (Å²) in [7, 11) is 0. The van der Waals surface area contributed by atoms with Crippen molar-refractivity contribution in [1.29, 1.82) is 5.26 Å². The number of pyridine rings is 2. The van der Waals surface area contributed by atoms with E-state index in [0.29, 0.717) is 5.52 Å². The molecule has 3 rings (SSSR count). The smallest absolute Gasteiger partial charge is 0.277 e. The highest BCUT2D eigenvalue weighted by atomic mass is 16.1. The van der Waals surface area contributed by atoms with Crippen LogP contribution in [0, 0.1) is 18.3 Å². The van der Waals surface area contributed by atoms with E-state index < -0.39 is 0 Å². The number of benzene rings is 1. The number of hydrogen-bond acceptors (Lipinski definition) is 3. The molecule has 102 valence electrons. The fraction of sp³-hybridized carbons (Fsp3) is 0.118. The fourth-order valence-corrected chi connectivity index (χ4v) is 2.37. The van der Waals surface area contributed by atoms with E-state index in [4.69, 9.17) is 5.26 Å². The van der Waals surface area contributed by atoms with Crippen LogP contribution in [0.4, 0.5) is 0 Å². The summed E-state index contributed by atoms with van der Waals surface area (Å²) in [5.74, 6) is 0. The fourth-order valence-electron chi connectivity index (χ4n) is 2.37. The molecule has 0 amide bonds. The van der Waals surface area contributed by atoms with Crippen molar-refractivity contribution in [3.8, 4) is 17.2 Å². The average molecular weight is 275 g/mol. The Morgan fingerprint density at radius 2 is 2.00 bits per heavy atom. The van der Waals surface area contributed by atoms with Crippen LogP contribution in [0.25, 0.3) is 22.0 Å². The van der Waals surface area contributed by atoms with Crippen molar-refractivity contribution < 1.29 is 0 Å². The minimum absolute atomic E-state index is 0.0181. The van der Waals surface area contributed by atoms with E-state index in [2.05, 4.69) is 4.98 Å². The van der Waals surface area contributed by atoms with Gasteiger partial charge in [-0.1, -0.05) is 35.9 Å². The van der Waals surface area contributed by atoms with E-state index in [1.165, 1.54) is 10.1 Å². The van der Waals surface area contributed by atoms with Gasteiger partial charge in [0.2, 0.25) is 0 Å². The first kappa shape index (κ1) is 13.1. The van der Waals surface area contributed by atoms with Crippen molar-refractivity contribution in [3.05, 3.63) is 64.7 Å². The lowest BCUT2D eigenvalue weighted by Gasteiger charge is -2.10. The number of nitriles is 1. The Morgan fingerprint density at radius 3 is 2.71 bits per heavy atom. The highest BCUT2D eigenvalue weighted by Crippen LogP contribution is 2.26. The average Bonchev–Trinajstić information content (AvgIpc) is 2.51. The number of hydrogen-bond donors (Lipinski definition) is 0. The second-order valence-corrected chi connectivity index (χ2v) is 4.90. The molecule has 0 fully saturated rings. The van der Waals surface area contributed by atoms with E-state index in [0.717, 1.165) is 16.5 Å². The van der Waals surface area contributed by atoms with Gasteiger partial charge in [0.05, 0.1) is 6.07 Å². The maximum absolute atomic E-state index is 12.3. The van der Waals surface area contributed by atoms with E-state index in [1.807, 2.05) is 49.4 Å². The predicted molar refractivity (Wildman–Crippen MR) is 81.8 cm³/mol. The number of nitrogens with zero attached hydrogens (tertiary/aromatic N) is 3. The molecule has 0 N–H and O–H groups in total. The van der Waals surface area contributed by atoms with Gasteiger partial charge >= 0.3 is 0 Å². The molecule has 0 spiro atoms. The summed E-state index contributed by atoms with van der Waals surface area (Å²) in [5, 5.41) is 9.69. The third-order valence-electron chi connectivity index (χ3n) is 3.45. The quantitative estimate of drug-likeness (QED) is 0.722. The molecule has 21 heavy (non-hydrogen) atoms. The zero-order valence-electron chi connectivity index (χ0n) is 11.6. The van der Waals surface area contributed by atoms with Gasteiger partial charge in [0.25, 0.3) is 5.56 Å². The SMILES string of the molecule is Cc1ccc(-c2cn(CC#N)c(=O)c3ncccc23)cc1. The first-order valence-corrected chi connectivity index (χ1v) is 6.63. The maximum Gasteiger partial charge on any atom is 0.277 e. The van der Waals surface area contributed by atoms with Crippen molar-refractivity contribution in [1.82, 2.24) is 9.55 Å². The molecule has 0 bridgehead atoms. The Labute approximate surface area is 121 Å². The molecule has 0 aliphatic heterocycles. The lowest BCUT2D eigenvalue weighted by atomic mass is 10.0. The van der Waals surface area contributed by atoms with Gasteiger partial charge in [0, 0.05) is 23.3 Å². The Kier molecular flexibility index (Phi) is 3.25. The van der Waals surface area contributed by atoms with Gasteiger partial charge in [-0.05, 0) is 18.6 Å². The summed E-state index contributed by atoms with van der Waals surface area (Å²) in [6.07, 6.45) is 3.33. The first-order chi connectivity index (χ1) is 10.2. The molecular weight excluding hydrogens is 262 g/mol. The summed E-state index contributed by atoms with van der Waals surface area (Å²) in [6.45, 7) is 2.05. The second-order valence-electron chi connectivity index (χ2n) is 4.90. The summed E-state index contributed by atoms with van der Waals surface area (Å²) in [6, 6.07) is 13.8. The zero-order valence-corrected chi connectivity index (χ0v) is 11.6. The van der Waals surface area contributed by atoms with Crippen LogP contribution in [0.2, 0.25) is 0 Å². The molecule has 0 aliphatic rings. The van der Waals surface area contributed by atoms with E-state index >= 15 is 0 Å². The molecule has 0 atom stereocenters. The van der Waals surface area contributed by atoms with Gasteiger partial charge in [-0.25, -0.2) is 0 Å². The number of aryl methyl sites for hydroxylation is 1. The van der Waals surface area contributed by atoms with Crippen LogP contribution < -0.4 is 5.56 Å². The van der Waals surface area contributed by atoms with Crippen molar-refractivity contribution in [2.24, 2.45) is 0 Å². The monoisotopic (exact) mass is 275 g/mol. The van der Waals surface area contributed by atoms with Crippen molar-refractivity contribution in [2.75, 3.05) is 0 Å². The largest absolute Gasteiger partial charge is 0.299 e. The molecular formula is C17H13N3O. The van der Waals surface area contributed by atoms with E-state index in [9.17, 15) is 4.79 Å². The molecule has 0 unspecified atom stereocenters. The summed E-state index contributed by atoms with van der Waals surface area (Å²) in [5.41, 5.74) is 3.25. The topological polar surface area (TPSA) is 58.7 Å². The lowest BCUT2D eigenvalue weighted by molar-refractivity contribution is 0.797. The number of rotatable bonds is 2. The number of fused-ring (bicyclic) bond motifs is 1. The third-order valence-corrected chi connectivity index (χ3v) is 3.45. The van der Waals surface area contributed by atoms with Crippen molar-refractivity contribution >= 4 is 10.9 Å². The van der Waals surface area contributed by atoms with Crippen LogP contribution in [0.3, 0.4) is 0 Å². The van der Waals surface area contributed by atoms with Crippen LogP contribution in [0.1, 0.15) is 5.56 Å². The molecule has 2 heterocycles. The molecule has 0 radical (unpaired) electrons. The van der Waals surface area contributed by atoms with Gasteiger partial charge in [0.1, 0.15) is 12.1 Å². The minimum atomic E-state index is -0.233. The lowest BCUT2D eigenvalue weighted by Crippen LogP contribution is -2.20. The maximum atomic E-state index is 12.3. The standard InChI is InChI=1S/C17H13N3O/c1-12-4-6-13(7-5-12)15-11-20(10-8-18)17(21)16-14(15)3-2-9-19-16/h2-7,9,11H,10H2,1H3. The highest BCUT2D eigenvalue weighted by molar-refractivity contribution is 5.93. The van der Waals surface area contributed by atoms with Gasteiger partial charge in [-0.15, -0.1) is 0 Å². The Balaban J connectivity index is 2.36. The normalized spacial score (nSPS) is 10.5. The van der Waals surface area contributed by atoms with Gasteiger partial charge in [0.15, 0.2) is 0 Å². The predicted octanol–water partition coefficient (Wildman–Crippen LogP) is 2.90. The Morgan fingerprint density at radius 1 is 1.24 bits per heavy atom. The third kappa shape index (κ3) is 2.30. The van der Waals surface area contributed by atoms with E-state index in [1.54, 1.807) is 12.4 Å². The highest BCUT2D eigenvalue weighted by Gasteiger charge is 2.10. The summed E-state index contributed by atoms with van der Waals surface area (Å²) < 4.78 is 1.41. The Hall–Kier alpha value is -2.93. The molecule has 3 aromatic rings. The van der Waals surface area contributed by atoms with Crippen LogP contribution in [-0.4, -0.2) is 9.55 Å². The number of aromatic nitrogens is 2. The zero-order chi connectivity index (χ0) is 14.8. The van der Waals surface area contributed by atoms with Crippen molar-refractivity contribution in [2.45, 2.75) is 13.5 Å². The summed E-state index contributed by atoms with van der Waals surface area (Å²) >= 11 is 0. The molecule has 4 nitrogen and oxygen atoms in total. The van der Waals surface area contributed by atoms with Crippen LogP contribution in [0.15, 0.2) is 53.6 Å². The first-order valence-electron chi connectivity index (χ1n) is 6.63. The van der Waals surface area contributed by atoms with Crippen LogP contribution >= 0.6 is 0 Å². The van der Waals surface area contributed by atoms with Gasteiger partial charge in [-0.2, -0.15) is 5.26 Å². The second kappa shape index (κ2) is 5.22. The summed E-state index contributed by atoms with van der Waals surface area (Å²) in [4.78, 5) is 16.5. The molecule has 1 aromatic carbocycles. The molecule has 0 saturated heterocycles. The Bertz CT molecular complexity index is 902. The molecule has 0 aliphatic carbocycles. The van der Waals surface area contributed by atoms with Crippen LogP contribution in [-0.2, 0) is 6.54 Å². The van der Waals surface area contributed by atoms with Gasteiger partial charge < -0.3 is 0 Å². The van der Waals surface area contributed by atoms with Crippen LogP contribution in [0.5, 0.6) is 0 Å². The minimum Gasteiger partial charge on any atom is -0.299 e. The molecule has 0 saturated carbocycles. The van der Waals surface area contributed by atoms with Crippen molar-refractivity contribution in [3.63, 3.8) is 0 Å². The molecule has 2 aromatic heterocycles.